The number of benzene rings is 1. The highest BCUT2D eigenvalue weighted by Gasteiger charge is 2.10. The van der Waals surface area contributed by atoms with Crippen LogP contribution in [-0.4, -0.2) is 50.2 Å². The topological polar surface area (TPSA) is 31.4 Å². The van der Waals surface area contributed by atoms with Crippen LogP contribution in [0.25, 0.3) is 10.8 Å². The molecule has 2 rings (SSSR count). The molecule has 1 aromatic heterocycles. The second-order valence-corrected chi connectivity index (χ2v) is 5.44. The van der Waals surface area contributed by atoms with Crippen LogP contribution in [0.4, 0.5) is 11.5 Å². The van der Waals surface area contributed by atoms with Crippen LogP contribution < -0.4 is 10.2 Å². The zero-order valence-corrected chi connectivity index (χ0v) is 13.6. The van der Waals surface area contributed by atoms with Gasteiger partial charge in [-0.3, -0.25) is 0 Å². The Balaban J connectivity index is 2.34. The van der Waals surface area contributed by atoms with E-state index >= 15 is 0 Å². The van der Waals surface area contributed by atoms with E-state index in [9.17, 15) is 0 Å². The molecule has 4 nitrogen and oxygen atoms in total. The van der Waals surface area contributed by atoms with Crippen LogP contribution in [0.5, 0.6) is 0 Å². The van der Waals surface area contributed by atoms with Gasteiger partial charge in [0.05, 0.1) is 0 Å². The van der Waals surface area contributed by atoms with Crippen LogP contribution in [0, 0.1) is 0 Å². The van der Waals surface area contributed by atoms with Crippen molar-refractivity contribution in [1.82, 2.24) is 9.88 Å². The second kappa shape index (κ2) is 7.27. The summed E-state index contributed by atoms with van der Waals surface area (Å²) in [4.78, 5) is 9.07. The number of likely N-dealkylation sites (N-methyl/N-ethyl adjacent to an activating group) is 1. The molecule has 0 aliphatic rings. The molecule has 0 radical (unpaired) electrons. The minimum absolute atomic E-state index is 0.940. The van der Waals surface area contributed by atoms with Crippen molar-refractivity contribution in [3.63, 3.8) is 0 Å². The third kappa shape index (κ3) is 3.64. The zero-order valence-electron chi connectivity index (χ0n) is 13.6. The molecule has 0 unspecified atom stereocenters. The molecule has 21 heavy (non-hydrogen) atoms. The van der Waals surface area contributed by atoms with Gasteiger partial charge in [0.1, 0.15) is 5.82 Å². The summed E-state index contributed by atoms with van der Waals surface area (Å²) in [5.41, 5.74) is 1.19. The molecule has 1 aromatic carbocycles. The summed E-state index contributed by atoms with van der Waals surface area (Å²) >= 11 is 0. The van der Waals surface area contributed by atoms with E-state index in [4.69, 9.17) is 0 Å². The van der Waals surface area contributed by atoms with Gasteiger partial charge in [-0.25, -0.2) is 4.98 Å². The number of hydrogen-bond acceptors (Lipinski definition) is 4. The summed E-state index contributed by atoms with van der Waals surface area (Å²) in [7, 11) is 4.18. The molecule has 0 amide bonds. The first-order chi connectivity index (χ1) is 10.2. The predicted molar refractivity (Wildman–Crippen MR) is 92.3 cm³/mol. The van der Waals surface area contributed by atoms with Crippen molar-refractivity contribution in [2.24, 2.45) is 0 Å². The minimum Gasteiger partial charge on any atom is -0.383 e. The Hall–Kier alpha value is -1.81. The van der Waals surface area contributed by atoms with Crippen molar-refractivity contribution in [3.8, 4) is 0 Å². The van der Waals surface area contributed by atoms with Gasteiger partial charge >= 0.3 is 0 Å². The average Bonchev–Trinajstić information content (AvgIpc) is 2.48. The number of anilines is 2. The number of rotatable bonds is 7. The molecule has 1 N–H and O–H groups in total. The Morgan fingerprint density at radius 1 is 1.05 bits per heavy atom. The molecule has 2 aromatic rings. The van der Waals surface area contributed by atoms with Crippen LogP contribution >= 0.6 is 0 Å². The van der Waals surface area contributed by atoms with E-state index in [1.54, 1.807) is 0 Å². The maximum atomic E-state index is 4.59. The minimum atomic E-state index is 0.940. The Morgan fingerprint density at radius 3 is 2.48 bits per heavy atom. The summed E-state index contributed by atoms with van der Waals surface area (Å²) in [6.07, 6.45) is 1.91. The first-order valence-corrected chi connectivity index (χ1v) is 7.68. The van der Waals surface area contributed by atoms with E-state index in [0.29, 0.717) is 0 Å². The molecule has 1 heterocycles. The normalized spacial score (nSPS) is 11.1. The third-order valence-electron chi connectivity index (χ3n) is 3.72. The Bertz CT molecular complexity index is 576. The van der Waals surface area contributed by atoms with Crippen LogP contribution in [-0.2, 0) is 0 Å². The van der Waals surface area contributed by atoms with E-state index in [-0.39, 0.29) is 0 Å². The summed E-state index contributed by atoms with van der Waals surface area (Å²) in [5.74, 6) is 1.08. The SMILES string of the molecule is CCN(CC)c1nccc2c(NCCN(C)C)cccc12. The largest absolute Gasteiger partial charge is 0.383 e. The van der Waals surface area contributed by atoms with E-state index < -0.39 is 0 Å². The summed E-state index contributed by atoms with van der Waals surface area (Å²) < 4.78 is 0. The molecular formula is C17H26N4. The lowest BCUT2D eigenvalue weighted by molar-refractivity contribution is 0.425. The second-order valence-electron chi connectivity index (χ2n) is 5.44. The molecule has 0 aliphatic heterocycles. The standard InChI is InChI=1S/C17H26N4/c1-5-21(6-2)17-15-8-7-9-16(14(15)10-11-19-17)18-12-13-20(3)4/h7-11,18H,5-6,12-13H2,1-4H3. The van der Waals surface area contributed by atoms with Gasteiger partial charge in [-0.2, -0.15) is 0 Å². The fraction of sp³-hybridized carbons (Fsp3) is 0.471. The number of fused-ring (bicyclic) bond motifs is 1. The Kier molecular flexibility index (Phi) is 5.39. The number of aromatic nitrogens is 1. The summed E-state index contributed by atoms with van der Waals surface area (Å²) in [5, 5.41) is 6.00. The van der Waals surface area contributed by atoms with Crippen LogP contribution in [0.1, 0.15) is 13.8 Å². The van der Waals surface area contributed by atoms with E-state index in [1.807, 2.05) is 6.20 Å². The van der Waals surface area contributed by atoms with Gasteiger partial charge in [-0.15, -0.1) is 0 Å². The fourth-order valence-corrected chi connectivity index (χ4v) is 2.54. The molecule has 4 heteroatoms. The number of hydrogen-bond donors (Lipinski definition) is 1. The highest BCUT2D eigenvalue weighted by Crippen LogP contribution is 2.29. The maximum Gasteiger partial charge on any atom is 0.136 e. The van der Waals surface area contributed by atoms with Crippen molar-refractivity contribution < 1.29 is 0 Å². The van der Waals surface area contributed by atoms with Crippen molar-refractivity contribution >= 4 is 22.3 Å². The molecule has 0 bridgehead atoms. The highest BCUT2D eigenvalue weighted by atomic mass is 15.2. The monoisotopic (exact) mass is 286 g/mol. The molecule has 0 fully saturated rings. The third-order valence-corrected chi connectivity index (χ3v) is 3.72. The van der Waals surface area contributed by atoms with Gasteiger partial charge in [0.25, 0.3) is 0 Å². The van der Waals surface area contributed by atoms with Crippen molar-refractivity contribution in [2.45, 2.75) is 13.8 Å². The first-order valence-electron chi connectivity index (χ1n) is 7.68. The van der Waals surface area contributed by atoms with Gasteiger partial charge in [0.2, 0.25) is 0 Å². The molecule has 0 aliphatic carbocycles. The smallest absolute Gasteiger partial charge is 0.136 e. The fourth-order valence-electron chi connectivity index (χ4n) is 2.54. The van der Waals surface area contributed by atoms with Gasteiger partial charge in [-0.1, -0.05) is 12.1 Å². The van der Waals surface area contributed by atoms with Gasteiger partial charge in [-0.05, 0) is 40.1 Å². The lowest BCUT2D eigenvalue weighted by atomic mass is 10.1. The molecule has 0 saturated carbocycles. The Labute approximate surface area is 127 Å². The van der Waals surface area contributed by atoms with Crippen LogP contribution in [0.2, 0.25) is 0 Å². The predicted octanol–water partition coefficient (Wildman–Crippen LogP) is 3.05. The Morgan fingerprint density at radius 2 is 1.81 bits per heavy atom. The van der Waals surface area contributed by atoms with Gasteiger partial charge < -0.3 is 15.1 Å². The molecular weight excluding hydrogens is 260 g/mol. The number of nitrogens with one attached hydrogen (secondary N) is 1. The molecule has 114 valence electrons. The summed E-state index contributed by atoms with van der Waals surface area (Å²) in [6.45, 7) is 8.24. The zero-order chi connectivity index (χ0) is 15.2. The summed E-state index contributed by atoms with van der Waals surface area (Å²) in [6, 6.07) is 8.51. The van der Waals surface area contributed by atoms with Crippen molar-refractivity contribution in [1.29, 1.82) is 0 Å². The van der Waals surface area contributed by atoms with Crippen molar-refractivity contribution in [3.05, 3.63) is 30.5 Å². The molecule has 0 spiro atoms. The average molecular weight is 286 g/mol. The van der Waals surface area contributed by atoms with Crippen LogP contribution in [0.3, 0.4) is 0 Å². The van der Waals surface area contributed by atoms with Crippen LogP contribution in [0.15, 0.2) is 30.5 Å². The number of pyridine rings is 1. The molecule has 0 atom stereocenters. The van der Waals surface area contributed by atoms with Crippen molar-refractivity contribution in [2.75, 3.05) is 50.5 Å². The lowest BCUT2D eigenvalue weighted by Gasteiger charge is -2.22. The van der Waals surface area contributed by atoms with Gasteiger partial charge in [0.15, 0.2) is 0 Å². The highest BCUT2D eigenvalue weighted by molar-refractivity contribution is 6.00. The molecule has 0 saturated heterocycles. The van der Waals surface area contributed by atoms with E-state index in [0.717, 1.165) is 32.0 Å². The first kappa shape index (κ1) is 15.6. The van der Waals surface area contributed by atoms with E-state index in [2.05, 4.69) is 72.3 Å². The lowest BCUT2D eigenvalue weighted by Crippen LogP contribution is -2.23. The number of nitrogens with zero attached hydrogens (tertiary/aromatic N) is 3. The van der Waals surface area contributed by atoms with E-state index in [1.165, 1.54) is 16.5 Å². The van der Waals surface area contributed by atoms with Gasteiger partial charge in [0, 0.05) is 48.8 Å². The quantitative estimate of drug-likeness (QED) is 0.847. The maximum absolute atomic E-state index is 4.59.